The van der Waals surface area contributed by atoms with Crippen LogP contribution in [-0.2, 0) is 16.8 Å². The number of benzene rings is 3. The predicted octanol–water partition coefficient (Wildman–Crippen LogP) is 3.93. The highest BCUT2D eigenvalue weighted by Gasteiger charge is 2.41. The van der Waals surface area contributed by atoms with Gasteiger partial charge in [0.25, 0.3) is 0 Å². The maximum Gasteiger partial charge on any atom is 0.234 e. The van der Waals surface area contributed by atoms with Gasteiger partial charge in [0.15, 0.2) is 0 Å². The Morgan fingerprint density at radius 3 is 1.72 bits per heavy atom. The molecule has 1 aliphatic heterocycles. The van der Waals surface area contributed by atoms with Gasteiger partial charge in [-0.05, 0) is 29.7 Å². The van der Waals surface area contributed by atoms with Crippen LogP contribution in [0.1, 0.15) is 23.1 Å². The molecule has 0 aliphatic carbocycles. The van der Waals surface area contributed by atoms with Gasteiger partial charge in [0.2, 0.25) is 5.91 Å². The lowest BCUT2D eigenvalue weighted by Gasteiger charge is -2.38. The number of likely N-dealkylation sites (N-methyl/N-ethyl adjacent to an activating group) is 1. The average Bonchev–Trinajstić information content (AvgIpc) is 2.87. The molecule has 0 radical (unpaired) electrons. The monoisotopic (exact) mass is 427 g/mol. The van der Waals surface area contributed by atoms with E-state index in [4.69, 9.17) is 0 Å². The van der Waals surface area contributed by atoms with Gasteiger partial charge in [0.05, 0.1) is 0 Å². The number of hydrogen-bond acceptors (Lipinski definition) is 3. The lowest BCUT2D eigenvalue weighted by molar-refractivity contribution is -0.125. The molecular weight excluding hydrogens is 394 g/mol. The van der Waals surface area contributed by atoms with E-state index in [0.717, 1.165) is 56.8 Å². The summed E-state index contributed by atoms with van der Waals surface area (Å²) in [5.74, 6) is 0.0533. The fraction of sp³-hybridized carbons (Fsp3) is 0.321. The van der Waals surface area contributed by atoms with E-state index in [1.54, 1.807) is 7.05 Å². The highest BCUT2D eigenvalue weighted by Crippen LogP contribution is 2.36. The molecule has 1 fully saturated rings. The minimum atomic E-state index is -0.696. The van der Waals surface area contributed by atoms with Gasteiger partial charge in [-0.15, -0.1) is 0 Å². The first-order chi connectivity index (χ1) is 15.7. The van der Waals surface area contributed by atoms with Gasteiger partial charge in [0, 0.05) is 39.8 Å². The Morgan fingerprint density at radius 2 is 1.22 bits per heavy atom. The van der Waals surface area contributed by atoms with Crippen LogP contribution < -0.4 is 5.32 Å². The molecule has 32 heavy (non-hydrogen) atoms. The highest BCUT2D eigenvalue weighted by molar-refractivity contribution is 5.92. The van der Waals surface area contributed by atoms with E-state index in [9.17, 15) is 4.79 Å². The Bertz CT molecular complexity index is 928. The molecule has 4 rings (SSSR count). The topological polar surface area (TPSA) is 35.6 Å². The Balaban J connectivity index is 1.48. The second-order valence-corrected chi connectivity index (χ2v) is 8.57. The van der Waals surface area contributed by atoms with Crippen LogP contribution in [-0.4, -0.2) is 55.5 Å². The molecule has 0 unspecified atom stereocenters. The van der Waals surface area contributed by atoms with Gasteiger partial charge >= 0.3 is 0 Å². The Hall–Kier alpha value is -2.95. The molecule has 1 aliphatic rings. The summed E-state index contributed by atoms with van der Waals surface area (Å²) in [6.45, 7) is 6.05. The van der Waals surface area contributed by atoms with Crippen molar-refractivity contribution in [2.45, 2.75) is 18.4 Å². The van der Waals surface area contributed by atoms with Crippen LogP contribution >= 0.6 is 0 Å². The van der Waals surface area contributed by atoms with Crippen molar-refractivity contribution in [3.63, 3.8) is 0 Å². The normalized spacial score (nSPS) is 15.4. The SMILES string of the molecule is CNC(=O)C(CCN1CCN(Cc2ccccc2)CC1)(c1ccccc1)c1ccccc1. The zero-order valence-corrected chi connectivity index (χ0v) is 18.9. The van der Waals surface area contributed by atoms with Gasteiger partial charge in [-0.3, -0.25) is 9.69 Å². The highest BCUT2D eigenvalue weighted by atomic mass is 16.2. The molecule has 4 heteroatoms. The molecule has 0 bridgehead atoms. The molecule has 0 aromatic heterocycles. The molecule has 3 aromatic carbocycles. The van der Waals surface area contributed by atoms with E-state index < -0.39 is 5.41 Å². The molecule has 3 aromatic rings. The molecule has 0 atom stereocenters. The summed E-state index contributed by atoms with van der Waals surface area (Å²) in [6, 6.07) is 31.1. The zero-order valence-electron chi connectivity index (χ0n) is 18.9. The molecule has 166 valence electrons. The standard InChI is InChI=1S/C28H33N3O/c1-29-27(32)28(25-13-7-3-8-14-25,26-15-9-4-10-16-26)17-18-30-19-21-31(22-20-30)23-24-11-5-2-6-12-24/h2-16H,17-23H2,1H3,(H,29,32). The Labute approximate surface area is 191 Å². The average molecular weight is 428 g/mol. The maximum absolute atomic E-state index is 13.4. The van der Waals surface area contributed by atoms with E-state index >= 15 is 0 Å². The third kappa shape index (κ3) is 4.93. The van der Waals surface area contributed by atoms with E-state index in [1.165, 1.54) is 5.56 Å². The minimum Gasteiger partial charge on any atom is -0.358 e. The number of carbonyl (C=O) groups excluding carboxylic acids is 1. The quantitative estimate of drug-likeness (QED) is 0.592. The Morgan fingerprint density at radius 1 is 0.750 bits per heavy atom. The van der Waals surface area contributed by atoms with Crippen LogP contribution in [0.25, 0.3) is 0 Å². The second kappa shape index (κ2) is 10.6. The van der Waals surface area contributed by atoms with E-state index in [2.05, 4.69) is 69.7 Å². The van der Waals surface area contributed by atoms with Crippen molar-refractivity contribution < 1.29 is 4.79 Å². The minimum absolute atomic E-state index is 0.0533. The summed E-state index contributed by atoms with van der Waals surface area (Å²) in [5, 5.41) is 2.96. The summed E-state index contributed by atoms with van der Waals surface area (Å²) in [4.78, 5) is 18.5. The molecule has 0 spiro atoms. The second-order valence-electron chi connectivity index (χ2n) is 8.57. The first-order valence-corrected chi connectivity index (χ1v) is 11.5. The number of nitrogens with one attached hydrogen (secondary N) is 1. The van der Waals surface area contributed by atoms with Gasteiger partial charge in [0.1, 0.15) is 5.41 Å². The van der Waals surface area contributed by atoms with Crippen LogP contribution in [0.2, 0.25) is 0 Å². The molecule has 4 nitrogen and oxygen atoms in total. The first kappa shape index (κ1) is 22.3. The number of piperazine rings is 1. The third-order valence-corrected chi connectivity index (χ3v) is 6.66. The smallest absolute Gasteiger partial charge is 0.234 e. The summed E-state index contributed by atoms with van der Waals surface area (Å²) in [6.07, 6.45) is 0.749. The van der Waals surface area contributed by atoms with Crippen LogP contribution in [0.5, 0.6) is 0 Å². The van der Waals surface area contributed by atoms with Crippen molar-refractivity contribution >= 4 is 5.91 Å². The number of nitrogens with zero attached hydrogens (tertiary/aromatic N) is 2. The summed E-state index contributed by atoms with van der Waals surface area (Å²) in [5.41, 5.74) is 2.77. The van der Waals surface area contributed by atoms with Gasteiger partial charge in [-0.25, -0.2) is 0 Å². The lowest BCUT2D eigenvalue weighted by Crippen LogP contribution is -2.50. The van der Waals surface area contributed by atoms with Gasteiger partial charge < -0.3 is 10.2 Å². The van der Waals surface area contributed by atoms with Crippen molar-refractivity contribution in [1.29, 1.82) is 0 Å². The fourth-order valence-electron chi connectivity index (χ4n) is 4.83. The van der Waals surface area contributed by atoms with Crippen LogP contribution in [0, 0.1) is 0 Å². The summed E-state index contributed by atoms with van der Waals surface area (Å²) in [7, 11) is 1.74. The van der Waals surface area contributed by atoms with E-state index in [1.807, 2.05) is 36.4 Å². The Kier molecular flexibility index (Phi) is 7.35. The predicted molar refractivity (Wildman–Crippen MR) is 131 cm³/mol. The van der Waals surface area contributed by atoms with Crippen molar-refractivity contribution in [2.75, 3.05) is 39.8 Å². The van der Waals surface area contributed by atoms with Crippen LogP contribution in [0.3, 0.4) is 0 Å². The number of rotatable bonds is 8. The van der Waals surface area contributed by atoms with Crippen molar-refractivity contribution in [3.05, 3.63) is 108 Å². The molecule has 1 amide bonds. The molecule has 1 saturated heterocycles. The lowest BCUT2D eigenvalue weighted by atomic mass is 9.71. The van der Waals surface area contributed by atoms with Crippen molar-refractivity contribution in [3.8, 4) is 0 Å². The summed E-state index contributed by atoms with van der Waals surface area (Å²) < 4.78 is 0. The maximum atomic E-state index is 13.4. The number of hydrogen-bond donors (Lipinski definition) is 1. The van der Waals surface area contributed by atoms with Crippen molar-refractivity contribution in [2.24, 2.45) is 0 Å². The fourth-order valence-corrected chi connectivity index (χ4v) is 4.83. The largest absolute Gasteiger partial charge is 0.358 e. The zero-order chi connectivity index (χ0) is 22.2. The molecular formula is C28H33N3O. The third-order valence-electron chi connectivity index (χ3n) is 6.66. The van der Waals surface area contributed by atoms with Crippen LogP contribution in [0.15, 0.2) is 91.0 Å². The number of carbonyl (C=O) groups is 1. The summed E-state index contributed by atoms with van der Waals surface area (Å²) >= 11 is 0. The number of amides is 1. The van der Waals surface area contributed by atoms with Gasteiger partial charge in [-0.2, -0.15) is 0 Å². The molecule has 1 heterocycles. The van der Waals surface area contributed by atoms with Crippen LogP contribution in [0.4, 0.5) is 0 Å². The van der Waals surface area contributed by atoms with Crippen molar-refractivity contribution in [1.82, 2.24) is 15.1 Å². The molecule has 0 saturated carbocycles. The first-order valence-electron chi connectivity index (χ1n) is 11.5. The van der Waals surface area contributed by atoms with E-state index in [0.29, 0.717) is 0 Å². The molecule has 1 N–H and O–H groups in total. The van der Waals surface area contributed by atoms with Gasteiger partial charge in [-0.1, -0.05) is 91.0 Å². The van der Waals surface area contributed by atoms with E-state index in [-0.39, 0.29) is 5.91 Å².